The molecule has 2 rings (SSSR count). The van der Waals surface area contributed by atoms with E-state index >= 15 is 0 Å². The standard InChI is InChI=1S/C29H38F3NO6/c1-26(2,3)39-25(35)33-27(4,5)17-12-18-36-21-28(29(30,31)32,38-20-23-15-10-7-11-16-23)24(34)37-19-22-13-8-6-9-14-22/h6-11,13-16H,12,17-21H2,1-5H3,(H,33,35). The highest BCUT2D eigenvalue weighted by Crippen LogP contribution is 2.37. The van der Waals surface area contributed by atoms with E-state index in [2.05, 4.69) is 5.32 Å². The molecule has 0 aromatic heterocycles. The van der Waals surface area contributed by atoms with Crippen LogP contribution < -0.4 is 5.32 Å². The van der Waals surface area contributed by atoms with E-state index in [1.165, 1.54) is 0 Å². The molecule has 0 saturated carbocycles. The van der Waals surface area contributed by atoms with E-state index in [0.29, 0.717) is 24.0 Å². The summed E-state index contributed by atoms with van der Waals surface area (Å²) in [7, 11) is 0. The predicted octanol–water partition coefficient (Wildman–Crippen LogP) is 6.35. The number of carbonyl (C=O) groups is 2. The van der Waals surface area contributed by atoms with Crippen molar-refractivity contribution in [3.05, 3.63) is 71.8 Å². The highest BCUT2D eigenvalue weighted by molar-refractivity contribution is 5.81. The van der Waals surface area contributed by atoms with Gasteiger partial charge in [0.25, 0.3) is 5.60 Å². The molecule has 0 radical (unpaired) electrons. The van der Waals surface area contributed by atoms with Gasteiger partial charge in [0, 0.05) is 12.1 Å². The van der Waals surface area contributed by atoms with Gasteiger partial charge in [-0.15, -0.1) is 0 Å². The molecule has 0 aliphatic heterocycles. The number of rotatable bonds is 13. The summed E-state index contributed by atoms with van der Waals surface area (Å²) in [6.45, 7) is 6.73. The molecule has 2 aromatic carbocycles. The van der Waals surface area contributed by atoms with E-state index in [1.54, 1.807) is 95.3 Å². The van der Waals surface area contributed by atoms with E-state index in [0.717, 1.165) is 0 Å². The minimum absolute atomic E-state index is 0.113. The summed E-state index contributed by atoms with van der Waals surface area (Å²) in [6.07, 6.45) is -5.03. The van der Waals surface area contributed by atoms with E-state index in [4.69, 9.17) is 18.9 Å². The summed E-state index contributed by atoms with van der Waals surface area (Å²) in [5.74, 6) is -1.58. The second-order valence-corrected chi connectivity index (χ2v) is 10.8. The second kappa shape index (κ2) is 13.8. The van der Waals surface area contributed by atoms with E-state index < -0.39 is 48.2 Å². The lowest BCUT2D eigenvalue weighted by Crippen LogP contribution is -2.58. The van der Waals surface area contributed by atoms with E-state index in [-0.39, 0.29) is 13.2 Å². The molecule has 0 spiro atoms. The Hall–Kier alpha value is -3.11. The molecule has 1 unspecified atom stereocenters. The molecule has 2 aromatic rings. The Morgan fingerprint density at radius 3 is 1.87 bits per heavy atom. The number of hydrogen-bond donors (Lipinski definition) is 1. The van der Waals surface area contributed by atoms with Gasteiger partial charge in [-0.1, -0.05) is 60.7 Å². The highest BCUT2D eigenvalue weighted by atomic mass is 19.4. The van der Waals surface area contributed by atoms with Gasteiger partial charge in [-0.3, -0.25) is 0 Å². The van der Waals surface area contributed by atoms with Gasteiger partial charge in [0.15, 0.2) is 0 Å². The quantitative estimate of drug-likeness (QED) is 0.230. The lowest BCUT2D eigenvalue weighted by molar-refractivity contribution is -0.293. The van der Waals surface area contributed by atoms with E-state index in [9.17, 15) is 22.8 Å². The van der Waals surface area contributed by atoms with Gasteiger partial charge in [0.05, 0.1) is 13.2 Å². The molecule has 0 aliphatic carbocycles. The zero-order chi connectivity index (χ0) is 29.2. The average Bonchev–Trinajstić information content (AvgIpc) is 2.83. The lowest BCUT2D eigenvalue weighted by Gasteiger charge is -2.33. The smallest absolute Gasteiger partial charge is 0.430 e. The minimum Gasteiger partial charge on any atom is -0.458 e. The third kappa shape index (κ3) is 10.9. The van der Waals surface area contributed by atoms with Crippen LogP contribution in [-0.2, 0) is 37.0 Å². The third-order valence-corrected chi connectivity index (χ3v) is 5.56. The Balaban J connectivity index is 2.07. The molecule has 1 atom stereocenters. The number of halogens is 3. The molecular weight excluding hydrogens is 515 g/mol. The largest absolute Gasteiger partial charge is 0.458 e. The van der Waals surface area contributed by atoms with Gasteiger partial charge in [0.1, 0.15) is 12.2 Å². The van der Waals surface area contributed by atoms with Crippen molar-refractivity contribution in [3.8, 4) is 0 Å². The van der Waals surface area contributed by atoms with Gasteiger partial charge in [-0.2, -0.15) is 13.2 Å². The van der Waals surface area contributed by atoms with Crippen LogP contribution in [0.5, 0.6) is 0 Å². The van der Waals surface area contributed by atoms with Crippen LogP contribution in [-0.4, -0.2) is 48.2 Å². The van der Waals surface area contributed by atoms with Crippen molar-refractivity contribution in [1.82, 2.24) is 5.32 Å². The van der Waals surface area contributed by atoms with Crippen molar-refractivity contribution in [2.45, 2.75) is 83.6 Å². The molecule has 10 heteroatoms. The van der Waals surface area contributed by atoms with Crippen LogP contribution in [0.2, 0.25) is 0 Å². The van der Waals surface area contributed by atoms with Crippen molar-refractivity contribution >= 4 is 12.1 Å². The number of esters is 1. The van der Waals surface area contributed by atoms with Crippen LogP contribution in [0.25, 0.3) is 0 Å². The maximum Gasteiger partial charge on any atom is 0.430 e. The normalized spacial score (nSPS) is 13.8. The van der Waals surface area contributed by atoms with Gasteiger partial charge in [-0.05, 0) is 58.6 Å². The van der Waals surface area contributed by atoms with Gasteiger partial charge in [-0.25, -0.2) is 9.59 Å². The molecular formula is C29H38F3NO6. The Labute approximate surface area is 228 Å². The molecule has 216 valence electrons. The molecule has 1 amide bonds. The zero-order valence-electron chi connectivity index (χ0n) is 23.1. The van der Waals surface area contributed by atoms with Crippen molar-refractivity contribution in [3.63, 3.8) is 0 Å². The van der Waals surface area contributed by atoms with Crippen LogP contribution in [0.3, 0.4) is 0 Å². The minimum atomic E-state index is -5.12. The summed E-state index contributed by atoms with van der Waals surface area (Å²) >= 11 is 0. The third-order valence-electron chi connectivity index (χ3n) is 5.56. The van der Waals surface area contributed by atoms with Crippen molar-refractivity contribution in [1.29, 1.82) is 0 Å². The number of hydrogen-bond acceptors (Lipinski definition) is 6. The molecule has 1 N–H and O–H groups in total. The fourth-order valence-corrected chi connectivity index (χ4v) is 3.53. The Kier molecular flexibility index (Phi) is 11.4. The Morgan fingerprint density at radius 1 is 0.821 bits per heavy atom. The summed E-state index contributed by atoms with van der Waals surface area (Å²) < 4.78 is 64.4. The van der Waals surface area contributed by atoms with Crippen LogP contribution in [0.1, 0.15) is 58.6 Å². The Morgan fingerprint density at radius 2 is 1.36 bits per heavy atom. The number of ether oxygens (including phenoxy) is 4. The number of alkyl carbamates (subject to hydrolysis) is 1. The summed E-state index contributed by atoms with van der Waals surface area (Å²) in [5, 5.41) is 2.74. The first kappa shape index (κ1) is 32.1. The first-order valence-corrected chi connectivity index (χ1v) is 12.7. The van der Waals surface area contributed by atoms with Gasteiger partial charge in [0.2, 0.25) is 0 Å². The fourth-order valence-electron chi connectivity index (χ4n) is 3.53. The van der Waals surface area contributed by atoms with Crippen LogP contribution >= 0.6 is 0 Å². The van der Waals surface area contributed by atoms with Crippen molar-refractivity contribution in [2.24, 2.45) is 0 Å². The highest BCUT2D eigenvalue weighted by Gasteiger charge is 2.63. The molecule has 0 bridgehead atoms. The number of nitrogens with one attached hydrogen (secondary N) is 1. The monoisotopic (exact) mass is 553 g/mol. The molecule has 0 saturated heterocycles. The molecule has 0 heterocycles. The first-order chi connectivity index (χ1) is 18.1. The number of amides is 1. The fraction of sp³-hybridized carbons (Fsp3) is 0.517. The lowest BCUT2D eigenvalue weighted by atomic mass is 9.99. The average molecular weight is 554 g/mol. The summed E-state index contributed by atoms with van der Waals surface area (Å²) in [6, 6.07) is 16.6. The zero-order valence-corrected chi connectivity index (χ0v) is 23.1. The van der Waals surface area contributed by atoms with Crippen molar-refractivity contribution in [2.75, 3.05) is 13.2 Å². The van der Waals surface area contributed by atoms with Crippen LogP contribution in [0, 0.1) is 0 Å². The SMILES string of the molecule is CC(C)(CCCOCC(OCc1ccccc1)(C(=O)OCc1ccccc1)C(F)(F)F)NC(=O)OC(C)(C)C. The van der Waals surface area contributed by atoms with Gasteiger partial charge >= 0.3 is 18.2 Å². The van der Waals surface area contributed by atoms with Gasteiger partial charge < -0.3 is 24.3 Å². The van der Waals surface area contributed by atoms with Crippen molar-refractivity contribution < 1.29 is 41.7 Å². The molecule has 0 aliphatic rings. The molecule has 0 fully saturated rings. The number of carbonyl (C=O) groups excluding carboxylic acids is 2. The predicted molar refractivity (Wildman–Crippen MR) is 140 cm³/mol. The summed E-state index contributed by atoms with van der Waals surface area (Å²) in [5.41, 5.74) is -3.71. The number of benzene rings is 2. The Bertz CT molecular complexity index is 1040. The second-order valence-electron chi connectivity index (χ2n) is 10.8. The topological polar surface area (TPSA) is 83.1 Å². The maximum absolute atomic E-state index is 14.5. The van der Waals surface area contributed by atoms with E-state index in [1.807, 2.05) is 0 Å². The van der Waals surface area contributed by atoms with Crippen LogP contribution in [0.4, 0.5) is 18.0 Å². The first-order valence-electron chi connectivity index (χ1n) is 12.7. The number of alkyl halides is 3. The summed E-state index contributed by atoms with van der Waals surface area (Å²) in [4.78, 5) is 25.0. The molecule has 7 nitrogen and oxygen atoms in total. The van der Waals surface area contributed by atoms with Crippen LogP contribution in [0.15, 0.2) is 60.7 Å². The molecule has 39 heavy (non-hydrogen) atoms. The maximum atomic E-state index is 14.5.